The van der Waals surface area contributed by atoms with E-state index in [1.165, 1.54) is 24.0 Å². The summed E-state index contributed by atoms with van der Waals surface area (Å²) < 4.78 is 5.83. The van der Waals surface area contributed by atoms with Gasteiger partial charge < -0.3 is 10.1 Å². The Hall–Kier alpha value is -1.06. The lowest BCUT2D eigenvalue weighted by Crippen LogP contribution is -2.25. The minimum Gasteiger partial charge on any atom is -0.494 e. The van der Waals surface area contributed by atoms with Crippen molar-refractivity contribution in [3.05, 3.63) is 29.3 Å². The van der Waals surface area contributed by atoms with Crippen molar-refractivity contribution in [3.63, 3.8) is 0 Å². The van der Waals surface area contributed by atoms with E-state index in [2.05, 4.69) is 56.1 Å². The Balaban J connectivity index is 2.18. The second kappa shape index (κ2) is 7.81. The summed E-state index contributed by atoms with van der Waals surface area (Å²) in [6.07, 6.45) is 2.70. The molecule has 1 atom stereocenters. The second-order valence-electron chi connectivity index (χ2n) is 5.87. The number of ether oxygens (including phenoxy) is 1. The standard InChI is InChI=1S/C18H30N2O/c1-5-19-14(4)15-8-11-18(21-7-3)16(12-15)13-20(6-2)17-9-10-17/h8,11-12,14,17,19H,5-7,9-10,13H2,1-4H3. The topological polar surface area (TPSA) is 24.5 Å². The van der Waals surface area contributed by atoms with Crippen LogP contribution in [0.3, 0.4) is 0 Å². The average molecular weight is 290 g/mol. The van der Waals surface area contributed by atoms with Crippen LogP contribution in [0.2, 0.25) is 0 Å². The molecule has 118 valence electrons. The molecule has 0 aliphatic heterocycles. The van der Waals surface area contributed by atoms with Gasteiger partial charge in [-0.3, -0.25) is 4.90 Å². The molecule has 3 heteroatoms. The molecule has 1 N–H and O–H groups in total. The molecule has 1 aromatic rings. The van der Waals surface area contributed by atoms with Gasteiger partial charge in [0.05, 0.1) is 6.61 Å². The molecular formula is C18H30N2O. The summed E-state index contributed by atoms with van der Waals surface area (Å²) in [6, 6.07) is 7.83. The summed E-state index contributed by atoms with van der Waals surface area (Å²) in [7, 11) is 0. The van der Waals surface area contributed by atoms with Crippen molar-refractivity contribution in [3.8, 4) is 5.75 Å². The summed E-state index contributed by atoms with van der Waals surface area (Å²) in [4.78, 5) is 2.57. The summed E-state index contributed by atoms with van der Waals surface area (Å²) >= 11 is 0. The predicted molar refractivity (Wildman–Crippen MR) is 88.8 cm³/mol. The molecule has 21 heavy (non-hydrogen) atoms. The number of hydrogen-bond donors (Lipinski definition) is 1. The molecule has 0 amide bonds. The molecule has 1 saturated carbocycles. The van der Waals surface area contributed by atoms with Gasteiger partial charge >= 0.3 is 0 Å². The molecule has 1 aliphatic rings. The quantitative estimate of drug-likeness (QED) is 0.750. The van der Waals surface area contributed by atoms with Gasteiger partial charge in [0.15, 0.2) is 0 Å². The molecule has 2 rings (SSSR count). The van der Waals surface area contributed by atoms with Crippen molar-refractivity contribution >= 4 is 0 Å². The zero-order valence-corrected chi connectivity index (χ0v) is 14.0. The van der Waals surface area contributed by atoms with Gasteiger partial charge in [0.25, 0.3) is 0 Å². The van der Waals surface area contributed by atoms with Crippen molar-refractivity contribution in [2.24, 2.45) is 0 Å². The minimum absolute atomic E-state index is 0.389. The van der Waals surface area contributed by atoms with Crippen LogP contribution >= 0.6 is 0 Å². The van der Waals surface area contributed by atoms with Gasteiger partial charge in [-0.15, -0.1) is 0 Å². The molecule has 0 spiro atoms. The summed E-state index contributed by atoms with van der Waals surface area (Å²) in [5, 5.41) is 3.49. The lowest BCUT2D eigenvalue weighted by atomic mass is 10.0. The van der Waals surface area contributed by atoms with Crippen LogP contribution in [-0.2, 0) is 6.54 Å². The van der Waals surface area contributed by atoms with E-state index in [1.807, 2.05) is 0 Å². The number of benzene rings is 1. The van der Waals surface area contributed by atoms with Crippen LogP contribution in [0.15, 0.2) is 18.2 Å². The first kappa shape index (κ1) is 16.3. The van der Waals surface area contributed by atoms with Gasteiger partial charge in [-0.1, -0.05) is 19.9 Å². The van der Waals surface area contributed by atoms with Crippen LogP contribution in [0.1, 0.15) is 57.7 Å². The normalized spacial score (nSPS) is 16.2. The van der Waals surface area contributed by atoms with Crippen molar-refractivity contribution in [2.75, 3.05) is 19.7 Å². The van der Waals surface area contributed by atoms with Crippen molar-refractivity contribution in [2.45, 2.75) is 59.2 Å². The third-order valence-corrected chi connectivity index (χ3v) is 4.24. The molecule has 3 nitrogen and oxygen atoms in total. The van der Waals surface area contributed by atoms with E-state index in [9.17, 15) is 0 Å². The van der Waals surface area contributed by atoms with Crippen LogP contribution in [0.5, 0.6) is 5.75 Å². The maximum Gasteiger partial charge on any atom is 0.123 e. The molecule has 0 bridgehead atoms. The van der Waals surface area contributed by atoms with E-state index < -0.39 is 0 Å². The number of nitrogens with zero attached hydrogens (tertiary/aromatic N) is 1. The fraction of sp³-hybridized carbons (Fsp3) is 0.667. The van der Waals surface area contributed by atoms with E-state index in [-0.39, 0.29) is 0 Å². The van der Waals surface area contributed by atoms with Gasteiger partial charge in [-0.05, 0) is 57.5 Å². The minimum atomic E-state index is 0.389. The monoisotopic (exact) mass is 290 g/mol. The Labute approximate surface area is 129 Å². The predicted octanol–water partition coefficient (Wildman–Crippen LogP) is 3.74. The molecule has 0 heterocycles. The average Bonchev–Trinajstić information content (AvgIpc) is 3.31. The zero-order chi connectivity index (χ0) is 15.2. The van der Waals surface area contributed by atoms with Crippen LogP contribution in [0.4, 0.5) is 0 Å². The fourth-order valence-electron chi connectivity index (χ4n) is 2.87. The number of rotatable bonds is 9. The highest BCUT2D eigenvalue weighted by molar-refractivity contribution is 5.38. The van der Waals surface area contributed by atoms with Crippen LogP contribution in [0.25, 0.3) is 0 Å². The highest BCUT2D eigenvalue weighted by atomic mass is 16.5. The Kier molecular flexibility index (Phi) is 6.07. The molecule has 1 aromatic carbocycles. The third kappa shape index (κ3) is 4.45. The highest BCUT2D eigenvalue weighted by Crippen LogP contribution is 2.31. The lowest BCUT2D eigenvalue weighted by Gasteiger charge is -2.23. The Morgan fingerprint density at radius 1 is 1.29 bits per heavy atom. The fourth-order valence-corrected chi connectivity index (χ4v) is 2.87. The molecule has 0 radical (unpaired) electrons. The van der Waals surface area contributed by atoms with Gasteiger partial charge in [-0.2, -0.15) is 0 Å². The third-order valence-electron chi connectivity index (χ3n) is 4.24. The van der Waals surface area contributed by atoms with E-state index in [0.717, 1.165) is 38.0 Å². The largest absolute Gasteiger partial charge is 0.494 e. The molecule has 1 fully saturated rings. The Morgan fingerprint density at radius 2 is 2.05 bits per heavy atom. The Morgan fingerprint density at radius 3 is 2.62 bits per heavy atom. The van der Waals surface area contributed by atoms with E-state index in [4.69, 9.17) is 4.74 Å². The van der Waals surface area contributed by atoms with Gasteiger partial charge in [0, 0.05) is 24.2 Å². The second-order valence-corrected chi connectivity index (χ2v) is 5.87. The Bertz CT molecular complexity index is 443. The first-order valence-corrected chi connectivity index (χ1v) is 8.42. The molecule has 0 saturated heterocycles. The number of nitrogens with one attached hydrogen (secondary N) is 1. The smallest absolute Gasteiger partial charge is 0.123 e. The molecule has 0 aromatic heterocycles. The van der Waals surface area contributed by atoms with E-state index in [1.54, 1.807) is 0 Å². The lowest BCUT2D eigenvalue weighted by molar-refractivity contribution is 0.260. The summed E-state index contributed by atoms with van der Waals surface area (Å²) in [6.45, 7) is 12.5. The van der Waals surface area contributed by atoms with Crippen molar-refractivity contribution < 1.29 is 4.74 Å². The summed E-state index contributed by atoms with van der Waals surface area (Å²) in [5.41, 5.74) is 2.68. The maximum atomic E-state index is 5.83. The molecule has 1 aliphatic carbocycles. The van der Waals surface area contributed by atoms with Crippen LogP contribution < -0.4 is 10.1 Å². The van der Waals surface area contributed by atoms with E-state index >= 15 is 0 Å². The highest BCUT2D eigenvalue weighted by Gasteiger charge is 2.28. The van der Waals surface area contributed by atoms with Gasteiger partial charge in [-0.25, -0.2) is 0 Å². The molecular weight excluding hydrogens is 260 g/mol. The maximum absolute atomic E-state index is 5.83. The first-order chi connectivity index (χ1) is 10.2. The SMILES string of the molecule is CCNC(C)c1ccc(OCC)c(CN(CC)C2CC2)c1. The van der Waals surface area contributed by atoms with Gasteiger partial charge in [0.1, 0.15) is 5.75 Å². The number of hydrogen-bond acceptors (Lipinski definition) is 3. The molecule has 1 unspecified atom stereocenters. The first-order valence-electron chi connectivity index (χ1n) is 8.42. The summed E-state index contributed by atoms with van der Waals surface area (Å²) in [5.74, 6) is 1.05. The van der Waals surface area contributed by atoms with Crippen molar-refractivity contribution in [1.82, 2.24) is 10.2 Å². The zero-order valence-electron chi connectivity index (χ0n) is 14.0. The van der Waals surface area contributed by atoms with E-state index in [0.29, 0.717) is 6.04 Å². The van der Waals surface area contributed by atoms with Crippen molar-refractivity contribution in [1.29, 1.82) is 0 Å². The van der Waals surface area contributed by atoms with Crippen LogP contribution in [0, 0.1) is 0 Å². The van der Waals surface area contributed by atoms with Gasteiger partial charge in [0.2, 0.25) is 0 Å². The van der Waals surface area contributed by atoms with Crippen LogP contribution in [-0.4, -0.2) is 30.6 Å².